The van der Waals surface area contributed by atoms with E-state index in [0.717, 1.165) is 63.0 Å². The molecule has 1 amide bonds. The van der Waals surface area contributed by atoms with Crippen LogP contribution in [0.15, 0.2) is 28.8 Å². The van der Waals surface area contributed by atoms with Crippen LogP contribution in [0.4, 0.5) is 5.69 Å². The summed E-state index contributed by atoms with van der Waals surface area (Å²) in [7, 11) is 0. The topological polar surface area (TPSA) is 65.7 Å². The zero-order valence-corrected chi connectivity index (χ0v) is 17.1. The van der Waals surface area contributed by atoms with Crippen molar-refractivity contribution in [3.63, 3.8) is 0 Å². The van der Waals surface area contributed by atoms with Gasteiger partial charge >= 0.3 is 0 Å². The normalized spacial score (nSPS) is 23.4. The zero-order valence-electron chi connectivity index (χ0n) is 17.1. The first-order chi connectivity index (χ1) is 14.2. The number of carbonyl (C=O) groups is 1. The van der Waals surface area contributed by atoms with Gasteiger partial charge in [-0.2, -0.15) is 4.98 Å². The molecule has 3 fully saturated rings. The van der Waals surface area contributed by atoms with Crippen LogP contribution in [0.1, 0.15) is 31.5 Å². The van der Waals surface area contributed by atoms with E-state index in [0.29, 0.717) is 17.6 Å². The van der Waals surface area contributed by atoms with Gasteiger partial charge in [-0.1, -0.05) is 11.6 Å². The van der Waals surface area contributed by atoms with Crippen molar-refractivity contribution in [1.29, 1.82) is 0 Å². The van der Waals surface area contributed by atoms with Gasteiger partial charge in [-0.25, -0.2) is 0 Å². The van der Waals surface area contributed by atoms with Crippen LogP contribution in [-0.4, -0.2) is 71.2 Å². The third kappa shape index (κ3) is 3.75. The molecule has 5 rings (SSSR count). The van der Waals surface area contributed by atoms with E-state index in [4.69, 9.17) is 4.52 Å². The standard InChI is InChI=1S/C22H29N5O2/c1-16-23-21(29-24-16)17-5-7-20(8-6-17)27-10-9-18(15-27)22(28)26-13-11-25(12-14-26)19-3-2-4-19/h5-8,18-19H,2-4,9-15H2,1H3. The van der Waals surface area contributed by atoms with Gasteiger partial charge in [0.15, 0.2) is 5.82 Å². The van der Waals surface area contributed by atoms with E-state index in [1.807, 2.05) is 19.1 Å². The Balaban J connectivity index is 1.16. The lowest BCUT2D eigenvalue weighted by Crippen LogP contribution is -2.54. The zero-order chi connectivity index (χ0) is 19.8. The molecule has 0 radical (unpaired) electrons. The molecule has 1 aromatic carbocycles. The third-order valence-corrected chi connectivity index (χ3v) is 6.76. The first-order valence-electron chi connectivity index (χ1n) is 10.9. The molecule has 1 aliphatic carbocycles. The molecule has 29 heavy (non-hydrogen) atoms. The van der Waals surface area contributed by atoms with Crippen LogP contribution in [0, 0.1) is 12.8 Å². The number of aryl methyl sites for hydroxylation is 1. The molecular weight excluding hydrogens is 366 g/mol. The van der Waals surface area contributed by atoms with Crippen molar-refractivity contribution in [2.24, 2.45) is 5.92 Å². The lowest BCUT2D eigenvalue weighted by Gasteiger charge is -2.43. The molecule has 154 valence electrons. The SMILES string of the molecule is Cc1noc(-c2ccc(N3CCC(C(=O)N4CCN(C5CCC5)CC4)C3)cc2)n1. The number of benzene rings is 1. The van der Waals surface area contributed by atoms with Gasteiger partial charge in [-0.05, 0) is 50.5 Å². The molecule has 7 heteroatoms. The Morgan fingerprint density at radius 1 is 1.03 bits per heavy atom. The van der Waals surface area contributed by atoms with Gasteiger partial charge in [0, 0.05) is 56.6 Å². The van der Waals surface area contributed by atoms with Crippen LogP contribution in [0.3, 0.4) is 0 Å². The van der Waals surface area contributed by atoms with Crippen molar-refractivity contribution in [2.45, 2.75) is 38.6 Å². The fourth-order valence-corrected chi connectivity index (χ4v) is 4.74. The molecule has 0 bridgehead atoms. The summed E-state index contributed by atoms with van der Waals surface area (Å²) in [4.78, 5) is 24.3. The lowest BCUT2D eigenvalue weighted by molar-refractivity contribution is -0.137. The van der Waals surface area contributed by atoms with E-state index in [1.54, 1.807) is 0 Å². The summed E-state index contributed by atoms with van der Waals surface area (Å²) >= 11 is 0. The maximum Gasteiger partial charge on any atom is 0.257 e. The second-order valence-corrected chi connectivity index (χ2v) is 8.57. The maximum absolute atomic E-state index is 13.0. The second-order valence-electron chi connectivity index (χ2n) is 8.57. The van der Waals surface area contributed by atoms with Gasteiger partial charge in [-0.15, -0.1) is 0 Å². The molecule has 1 aromatic heterocycles. The van der Waals surface area contributed by atoms with Crippen molar-refractivity contribution in [2.75, 3.05) is 44.2 Å². The first-order valence-corrected chi connectivity index (χ1v) is 10.9. The first kappa shape index (κ1) is 18.6. The highest BCUT2D eigenvalue weighted by Crippen LogP contribution is 2.29. The van der Waals surface area contributed by atoms with Gasteiger partial charge in [-0.3, -0.25) is 9.69 Å². The molecule has 2 aliphatic heterocycles. The Morgan fingerprint density at radius 2 is 1.79 bits per heavy atom. The molecular formula is C22H29N5O2. The van der Waals surface area contributed by atoms with Crippen LogP contribution in [0.25, 0.3) is 11.5 Å². The summed E-state index contributed by atoms with van der Waals surface area (Å²) in [6.45, 7) is 7.43. The number of hydrogen-bond acceptors (Lipinski definition) is 6. The van der Waals surface area contributed by atoms with E-state index >= 15 is 0 Å². The lowest BCUT2D eigenvalue weighted by atomic mass is 9.91. The van der Waals surface area contributed by atoms with Crippen molar-refractivity contribution < 1.29 is 9.32 Å². The van der Waals surface area contributed by atoms with Crippen LogP contribution in [0.2, 0.25) is 0 Å². The average Bonchev–Trinajstić information content (AvgIpc) is 3.36. The maximum atomic E-state index is 13.0. The molecule has 3 heterocycles. The summed E-state index contributed by atoms with van der Waals surface area (Å²) in [5.41, 5.74) is 2.07. The van der Waals surface area contributed by atoms with Gasteiger partial charge in [0.25, 0.3) is 5.89 Å². The summed E-state index contributed by atoms with van der Waals surface area (Å²) < 4.78 is 5.24. The average molecular weight is 396 g/mol. The van der Waals surface area contributed by atoms with Crippen LogP contribution in [0.5, 0.6) is 0 Å². The summed E-state index contributed by atoms with van der Waals surface area (Å²) in [6.07, 6.45) is 5.00. The molecule has 1 saturated carbocycles. The van der Waals surface area contributed by atoms with Crippen molar-refractivity contribution >= 4 is 11.6 Å². The van der Waals surface area contributed by atoms with Crippen LogP contribution in [-0.2, 0) is 4.79 Å². The van der Waals surface area contributed by atoms with Gasteiger partial charge in [0.05, 0.1) is 5.92 Å². The van der Waals surface area contributed by atoms with E-state index in [1.165, 1.54) is 19.3 Å². The Kier molecular flexibility index (Phi) is 4.99. The summed E-state index contributed by atoms with van der Waals surface area (Å²) in [5, 5.41) is 3.85. The van der Waals surface area contributed by atoms with E-state index in [9.17, 15) is 4.79 Å². The van der Waals surface area contributed by atoms with Gasteiger partial charge < -0.3 is 14.3 Å². The summed E-state index contributed by atoms with van der Waals surface area (Å²) in [5.74, 6) is 1.64. The van der Waals surface area contributed by atoms with Crippen LogP contribution < -0.4 is 4.90 Å². The van der Waals surface area contributed by atoms with Crippen molar-refractivity contribution in [1.82, 2.24) is 19.9 Å². The number of anilines is 1. The fourth-order valence-electron chi connectivity index (χ4n) is 4.74. The Labute approximate surface area is 171 Å². The number of piperazine rings is 1. The number of amides is 1. The number of hydrogen-bond donors (Lipinski definition) is 0. The molecule has 7 nitrogen and oxygen atoms in total. The number of carbonyl (C=O) groups excluding carboxylic acids is 1. The van der Waals surface area contributed by atoms with E-state index in [-0.39, 0.29) is 5.92 Å². The van der Waals surface area contributed by atoms with E-state index in [2.05, 4.69) is 37.0 Å². The summed E-state index contributed by atoms with van der Waals surface area (Å²) in [6, 6.07) is 8.97. The quantitative estimate of drug-likeness (QED) is 0.793. The largest absolute Gasteiger partial charge is 0.371 e. The number of aromatic nitrogens is 2. The minimum Gasteiger partial charge on any atom is -0.371 e. The van der Waals surface area contributed by atoms with Crippen molar-refractivity contribution in [3.05, 3.63) is 30.1 Å². The molecule has 2 aromatic rings. The highest BCUT2D eigenvalue weighted by molar-refractivity contribution is 5.80. The Hall–Kier alpha value is -2.41. The number of nitrogens with zero attached hydrogens (tertiary/aromatic N) is 5. The van der Waals surface area contributed by atoms with Gasteiger partial charge in [0.2, 0.25) is 5.91 Å². The molecule has 1 atom stereocenters. The molecule has 0 N–H and O–H groups in total. The minimum atomic E-state index is 0.114. The van der Waals surface area contributed by atoms with Gasteiger partial charge in [0.1, 0.15) is 0 Å². The fraction of sp³-hybridized carbons (Fsp3) is 0.591. The Bertz CT molecular complexity index is 852. The molecule has 1 unspecified atom stereocenters. The monoisotopic (exact) mass is 395 g/mol. The Morgan fingerprint density at radius 3 is 2.41 bits per heavy atom. The predicted molar refractivity (Wildman–Crippen MR) is 111 cm³/mol. The smallest absolute Gasteiger partial charge is 0.257 e. The van der Waals surface area contributed by atoms with E-state index < -0.39 is 0 Å². The second kappa shape index (κ2) is 7.78. The highest BCUT2D eigenvalue weighted by Gasteiger charge is 2.34. The highest BCUT2D eigenvalue weighted by atomic mass is 16.5. The molecule has 2 saturated heterocycles. The number of rotatable bonds is 4. The van der Waals surface area contributed by atoms with Crippen molar-refractivity contribution in [3.8, 4) is 11.5 Å². The molecule has 0 spiro atoms. The third-order valence-electron chi connectivity index (χ3n) is 6.76. The molecule has 3 aliphatic rings. The van der Waals surface area contributed by atoms with Crippen LogP contribution >= 0.6 is 0 Å². The minimum absolute atomic E-state index is 0.114. The predicted octanol–water partition coefficient (Wildman–Crippen LogP) is 2.57.